The zero-order valence-electron chi connectivity index (χ0n) is 10.3. The normalized spacial score (nSPS) is 9.72. The Kier molecular flexibility index (Phi) is 5.10. The van der Waals surface area contributed by atoms with E-state index in [9.17, 15) is 14.0 Å². The fraction of sp³-hybridized carbons (Fsp3) is 0.333. The Morgan fingerprint density at radius 3 is 2.50 bits per heavy atom. The standard InChI is InChI=1S/C12H15FN2O3/c1-15(8-7-11(16)18-2)12(17)14-10-5-3-9(13)4-6-10/h3-6H,7-8H2,1-2H3,(H,14,17). The van der Waals surface area contributed by atoms with Crippen LogP contribution in [-0.4, -0.2) is 37.6 Å². The van der Waals surface area contributed by atoms with Crippen LogP contribution in [0.2, 0.25) is 0 Å². The van der Waals surface area contributed by atoms with Crippen molar-refractivity contribution >= 4 is 17.7 Å². The largest absolute Gasteiger partial charge is 0.469 e. The van der Waals surface area contributed by atoms with Gasteiger partial charge in [0.15, 0.2) is 0 Å². The van der Waals surface area contributed by atoms with Gasteiger partial charge in [0.05, 0.1) is 13.5 Å². The van der Waals surface area contributed by atoms with E-state index in [-0.39, 0.29) is 30.8 Å². The number of methoxy groups -OCH3 is 1. The fourth-order valence-corrected chi connectivity index (χ4v) is 1.21. The highest BCUT2D eigenvalue weighted by Gasteiger charge is 2.10. The van der Waals surface area contributed by atoms with E-state index >= 15 is 0 Å². The van der Waals surface area contributed by atoms with E-state index < -0.39 is 0 Å². The summed E-state index contributed by atoms with van der Waals surface area (Å²) in [5.74, 6) is -0.747. The highest BCUT2D eigenvalue weighted by Crippen LogP contribution is 2.08. The van der Waals surface area contributed by atoms with E-state index in [1.807, 2.05) is 0 Å². The number of carbonyl (C=O) groups is 2. The quantitative estimate of drug-likeness (QED) is 0.834. The Labute approximate surface area is 105 Å². The Morgan fingerprint density at radius 2 is 1.94 bits per heavy atom. The van der Waals surface area contributed by atoms with Gasteiger partial charge >= 0.3 is 12.0 Å². The smallest absolute Gasteiger partial charge is 0.321 e. The number of rotatable bonds is 4. The molecule has 0 aromatic heterocycles. The minimum atomic E-state index is -0.378. The van der Waals surface area contributed by atoms with Crippen LogP contribution in [0.15, 0.2) is 24.3 Å². The summed E-state index contributed by atoms with van der Waals surface area (Å²) in [7, 11) is 2.85. The van der Waals surface area contributed by atoms with Gasteiger partial charge in [-0.1, -0.05) is 0 Å². The predicted molar refractivity (Wildman–Crippen MR) is 64.7 cm³/mol. The number of amides is 2. The molecule has 1 aromatic carbocycles. The topological polar surface area (TPSA) is 58.6 Å². The highest BCUT2D eigenvalue weighted by atomic mass is 19.1. The van der Waals surface area contributed by atoms with Crippen molar-refractivity contribution < 1.29 is 18.7 Å². The van der Waals surface area contributed by atoms with Crippen LogP contribution in [0.25, 0.3) is 0 Å². The second kappa shape index (κ2) is 6.58. The molecule has 0 fully saturated rings. The Balaban J connectivity index is 2.44. The molecule has 1 rings (SSSR count). The molecule has 0 atom stereocenters. The van der Waals surface area contributed by atoms with Crippen LogP contribution in [0.5, 0.6) is 0 Å². The lowest BCUT2D eigenvalue weighted by Gasteiger charge is -2.17. The van der Waals surface area contributed by atoms with E-state index in [0.717, 1.165) is 0 Å². The number of carbonyl (C=O) groups excluding carboxylic acids is 2. The molecule has 0 saturated carbocycles. The van der Waals surface area contributed by atoms with Gasteiger partial charge in [-0.25, -0.2) is 9.18 Å². The molecular weight excluding hydrogens is 239 g/mol. The SMILES string of the molecule is COC(=O)CCN(C)C(=O)Nc1ccc(F)cc1. The molecule has 18 heavy (non-hydrogen) atoms. The van der Waals surface area contributed by atoms with Gasteiger partial charge < -0.3 is 15.0 Å². The number of urea groups is 1. The third-order valence-electron chi connectivity index (χ3n) is 2.32. The van der Waals surface area contributed by atoms with Crippen LogP contribution in [0, 0.1) is 5.82 Å². The first-order valence-corrected chi connectivity index (χ1v) is 5.37. The van der Waals surface area contributed by atoms with Crippen molar-refractivity contribution in [2.45, 2.75) is 6.42 Å². The second-order valence-electron chi connectivity index (χ2n) is 3.68. The molecule has 1 aromatic rings. The minimum Gasteiger partial charge on any atom is -0.469 e. The summed E-state index contributed by atoms with van der Waals surface area (Å²) >= 11 is 0. The molecule has 1 N–H and O–H groups in total. The number of hydrogen-bond donors (Lipinski definition) is 1. The molecule has 0 radical (unpaired) electrons. The summed E-state index contributed by atoms with van der Waals surface area (Å²) in [6, 6.07) is 5.06. The molecule has 0 saturated heterocycles. The summed E-state index contributed by atoms with van der Waals surface area (Å²) in [5, 5.41) is 2.58. The maximum Gasteiger partial charge on any atom is 0.321 e. The summed E-state index contributed by atoms with van der Waals surface area (Å²) < 4.78 is 17.1. The molecule has 6 heteroatoms. The lowest BCUT2D eigenvalue weighted by atomic mass is 10.3. The summed E-state index contributed by atoms with van der Waals surface area (Å²) in [6.45, 7) is 0.250. The van der Waals surface area contributed by atoms with Crippen molar-refractivity contribution in [2.24, 2.45) is 0 Å². The number of halogens is 1. The molecule has 0 aliphatic carbocycles. The predicted octanol–water partition coefficient (Wildman–Crippen LogP) is 1.85. The van der Waals surface area contributed by atoms with Gasteiger partial charge in [0, 0.05) is 19.3 Å². The molecule has 2 amide bonds. The number of nitrogens with zero attached hydrogens (tertiary/aromatic N) is 1. The van der Waals surface area contributed by atoms with E-state index in [4.69, 9.17) is 0 Å². The molecule has 0 heterocycles. The Bertz CT molecular complexity index is 420. The van der Waals surface area contributed by atoms with Crippen molar-refractivity contribution in [3.8, 4) is 0 Å². The average Bonchev–Trinajstić information content (AvgIpc) is 2.38. The van der Waals surface area contributed by atoms with E-state index in [0.29, 0.717) is 5.69 Å². The number of nitrogens with one attached hydrogen (secondary N) is 1. The lowest BCUT2D eigenvalue weighted by molar-refractivity contribution is -0.140. The molecule has 98 valence electrons. The number of anilines is 1. The first-order chi connectivity index (χ1) is 8.52. The molecular formula is C12H15FN2O3. The van der Waals surface area contributed by atoms with Gasteiger partial charge in [-0.15, -0.1) is 0 Å². The first kappa shape index (κ1) is 14.0. The highest BCUT2D eigenvalue weighted by molar-refractivity contribution is 5.89. The van der Waals surface area contributed by atoms with Crippen molar-refractivity contribution in [1.29, 1.82) is 0 Å². The van der Waals surface area contributed by atoms with E-state index in [1.54, 1.807) is 7.05 Å². The van der Waals surface area contributed by atoms with Gasteiger partial charge in [0.25, 0.3) is 0 Å². The summed E-state index contributed by atoms with van der Waals surface area (Å²) in [6.07, 6.45) is 0.129. The average molecular weight is 254 g/mol. The van der Waals surface area contributed by atoms with Crippen LogP contribution in [-0.2, 0) is 9.53 Å². The lowest BCUT2D eigenvalue weighted by Crippen LogP contribution is -2.33. The molecule has 0 aliphatic rings. The van der Waals surface area contributed by atoms with Gasteiger partial charge in [-0.2, -0.15) is 0 Å². The van der Waals surface area contributed by atoms with Gasteiger partial charge in [0.2, 0.25) is 0 Å². The summed E-state index contributed by atoms with van der Waals surface area (Å²) in [5.41, 5.74) is 0.492. The number of hydrogen-bond acceptors (Lipinski definition) is 3. The molecule has 0 aliphatic heterocycles. The summed E-state index contributed by atoms with van der Waals surface area (Å²) in [4.78, 5) is 23.9. The van der Waals surface area contributed by atoms with Crippen molar-refractivity contribution in [2.75, 3.05) is 26.0 Å². The van der Waals surface area contributed by atoms with Crippen LogP contribution >= 0.6 is 0 Å². The monoisotopic (exact) mass is 254 g/mol. The zero-order chi connectivity index (χ0) is 13.5. The third kappa shape index (κ3) is 4.40. The third-order valence-corrected chi connectivity index (χ3v) is 2.32. The fourth-order valence-electron chi connectivity index (χ4n) is 1.21. The second-order valence-corrected chi connectivity index (χ2v) is 3.68. The Morgan fingerprint density at radius 1 is 1.33 bits per heavy atom. The number of esters is 1. The van der Waals surface area contributed by atoms with Crippen molar-refractivity contribution in [1.82, 2.24) is 4.90 Å². The van der Waals surface area contributed by atoms with Crippen LogP contribution in [0.4, 0.5) is 14.9 Å². The van der Waals surface area contributed by atoms with Crippen LogP contribution < -0.4 is 5.32 Å². The van der Waals surface area contributed by atoms with Crippen LogP contribution in [0.3, 0.4) is 0 Å². The molecule has 5 nitrogen and oxygen atoms in total. The maximum absolute atomic E-state index is 12.7. The van der Waals surface area contributed by atoms with Gasteiger partial charge in [-0.3, -0.25) is 4.79 Å². The van der Waals surface area contributed by atoms with Crippen LogP contribution in [0.1, 0.15) is 6.42 Å². The number of ether oxygens (including phenoxy) is 1. The maximum atomic E-state index is 12.7. The first-order valence-electron chi connectivity index (χ1n) is 5.37. The molecule has 0 bridgehead atoms. The van der Waals surface area contributed by atoms with Gasteiger partial charge in [0.1, 0.15) is 5.82 Å². The minimum absolute atomic E-state index is 0.129. The Hall–Kier alpha value is -2.11. The van der Waals surface area contributed by atoms with E-state index in [1.165, 1.54) is 36.3 Å². The molecule has 0 unspecified atom stereocenters. The number of benzene rings is 1. The molecule has 0 spiro atoms. The van der Waals surface area contributed by atoms with Gasteiger partial charge in [-0.05, 0) is 24.3 Å². The van der Waals surface area contributed by atoms with Crippen molar-refractivity contribution in [3.05, 3.63) is 30.1 Å². The van der Waals surface area contributed by atoms with E-state index in [2.05, 4.69) is 10.1 Å². The van der Waals surface area contributed by atoms with Crippen molar-refractivity contribution in [3.63, 3.8) is 0 Å². The zero-order valence-corrected chi connectivity index (χ0v) is 10.3.